The van der Waals surface area contributed by atoms with Crippen LogP contribution in [-0.2, 0) is 6.42 Å². The molecule has 2 aromatic rings. The van der Waals surface area contributed by atoms with Gasteiger partial charge in [-0.3, -0.25) is 0 Å². The lowest BCUT2D eigenvalue weighted by Gasteiger charge is -2.13. The molecule has 0 aliphatic heterocycles. The highest BCUT2D eigenvalue weighted by atomic mass is 19.1. The fourth-order valence-corrected chi connectivity index (χ4v) is 2.09. The minimum absolute atomic E-state index is 0.265. The van der Waals surface area contributed by atoms with Gasteiger partial charge in [0.1, 0.15) is 17.4 Å². The van der Waals surface area contributed by atoms with Crippen molar-refractivity contribution in [2.75, 3.05) is 7.11 Å². The number of hydrogen-bond donors (Lipinski definition) is 0. The summed E-state index contributed by atoms with van der Waals surface area (Å²) in [6, 6.07) is 12.1. The Hall–Kier alpha value is -2.41. The lowest BCUT2D eigenvalue weighted by atomic mass is 9.92. The zero-order chi connectivity index (χ0) is 14.5. The maximum atomic E-state index is 13.3. The largest absolute Gasteiger partial charge is 0.496 e. The fourth-order valence-electron chi connectivity index (χ4n) is 2.09. The molecule has 0 bridgehead atoms. The molecule has 0 radical (unpaired) electrons. The molecule has 0 aromatic heterocycles. The van der Waals surface area contributed by atoms with Gasteiger partial charge in [-0.05, 0) is 47.9 Å². The molecular formula is C16H13F2NO. The van der Waals surface area contributed by atoms with Crippen LogP contribution in [0.2, 0.25) is 0 Å². The third kappa shape index (κ3) is 3.12. The smallest absolute Gasteiger partial charge is 0.123 e. The normalized spacial score (nSPS) is 11.7. The average Bonchev–Trinajstić information content (AvgIpc) is 2.45. The summed E-state index contributed by atoms with van der Waals surface area (Å²) in [4.78, 5) is 0. The Balaban J connectivity index is 2.32. The van der Waals surface area contributed by atoms with E-state index >= 15 is 0 Å². The van der Waals surface area contributed by atoms with Gasteiger partial charge >= 0.3 is 0 Å². The van der Waals surface area contributed by atoms with Crippen molar-refractivity contribution < 1.29 is 13.5 Å². The zero-order valence-corrected chi connectivity index (χ0v) is 10.9. The molecule has 4 heteroatoms. The Morgan fingerprint density at radius 1 is 1.15 bits per heavy atom. The van der Waals surface area contributed by atoms with E-state index < -0.39 is 17.6 Å². The molecule has 0 saturated carbocycles. The summed E-state index contributed by atoms with van der Waals surface area (Å²) in [7, 11) is 1.49. The highest BCUT2D eigenvalue weighted by molar-refractivity contribution is 5.37. The summed E-state index contributed by atoms with van der Waals surface area (Å²) in [6.07, 6.45) is 0.265. The number of hydrogen-bond acceptors (Lipinski definition) is 2. The molecule has 1 unspecified atom stereocenters. The topological polar surface area (TPSA) is 33.0 Å². The molecule has 2 nitrogen and oxygen atoms in total. The Bertz CT molecular complexity index is 649. The average molecular weight is 273 g/mol. The van der Waals surface area contributed by atoms with Crippen molar-refractivity contribution in [3.8, 4) is 11.8 Å². The maximum Gasteiger partial charge on any atom is 0.123 e. The van der Waals surface area contributed by atoms with Crippen LogP contribution in [0.3, 0.4) is 0 Å². The van der Waals surface area contributed by atoms with Gasteiger partial charge in [0.05, 0.1) is 19.1 Å². The standard InChI is InChI=1S/C16H13F2NO/c1-20-16-6-5-15(18)9-12(16)7-13(10-19)11-3-2-4-14(17)8-11/h2-6,8-9,13H,7H2,1H3. The first-order chi connectivity index (χ1) is 9.63. The van der Waals surface area contributed by atoms with Gasteiger partial charge < -0.3 is 4.74 Å². The van der Waals surface area contributed by atoms with E-state index in [1.807, 2.05) is 0 Å². The molecule has 0 aliphatic carbocycles. The molecule has 1 atom stereocenters. The van der Waals surface area contributed by atoms with E-state index in [2.05, 4.69) is 6.07 Å². The number of benzene rings is 2. The van der Waals surface area contributed by atoms with Crippen LogP contribution in [0.15, 0.2) is 42.5 Å². The first kappa shape index (κ1) is 14.0. The molecule has 0 saturated heterocycles. The van der Waals surface area contributed by atoms with Gasteiger partial charge in [0.15, 0.2) is 0 Å². The van der Waals surface area contributed by atoms with E-state index in [-0.39, 0.29) is 6.42 Å². The fraction of sp³-hybridized carbons (Fsp3) is 0.188. The first-order valence-corrected chi connectivity index (χ1v) is 6.11. The summed E-state index contributed by atoms with van der Waals surface area (Å²) in [5.41, 5.74) is 1.15. The van der Waals surface area contributed by atoms with E-state index in [1.54, 1.807) is 12.1 Å². The van der Waals surface area contributed by atoms with Crippen molar-refractivity contribution in [1.82, 2.24) is 0 Å². The molecule has 0 aliphatic rings. The van der Waals surface area contributed by atoms with Crippen molar-refractivity contribution in [1.29, 1.82) is 5.26 Å². The predicted molar refractivity (Wildman–Crippen MR) is 71.4 cm³/mol. The van der Waals surface area contributed by atoms with Gasteiger partial charge in [0.25, 0.3) is 0 Å². The van der Waals surface area contributed by atoms with Gasteiger partial charge in [-0.25, -0.2) is 8.78 Å². The van der Waals surface area contributed by atoms with Crippen LogP contribution in [0, 0.1) is 23.0 Å². The van der Waals surface area contributed by atoms with Crippen LogP contribution in [0.25, 0.3) is 0 Å². The van der Waals surface area contributed by atoms with E-state index in [1.165, 1.54) is 37.4 Å². The summed E-state index contributed by atoms with van der Waals surface area (Å²) < 4.78 is 31.7. The molecule has 2 aromatic carbocycles. The van der Waals surface area contributed by atoms with E-state index in [0.717, 1.165) is 0 Å². The minimum Gasteiger partial charge on any atom is -0.496 e. The maximum absolute atomic E-state index is 13.3. The van der Waals surface area contributed by atoms with Crippen LogP contribution in [-0.4, -0.2) is 7.11 Å². The lowest BCUT2D eigenvalue weighted by Crippen LogP contribution is -2.03. The van der Waals surface area contributed by atoms with Gasteiger partial charge in [-0.2, -0.15) is 5.26 Å². The van der Waals surface area contributed by atoms with Crippen LogP contribution >= 0.6 is 0 Å². The predicted octanol–water partition coefficient (Wildman–Crippen LogP) is 3.82. The number of ether oxygens (including phenoxy) is 1. The zero-order valence-electron chi connectivity index (χ0n) is 10.9. The highest BCUT2D eigenvalue weighted by Crippen LogP contribution is 2.27. The molecule has 0 fully saturated rings. The SMILES string of the molecule is COc1ccc(F)cc1CC(C#N)c1cccc(F)c1. The molecule has 0 amide bonds. The second-order valence-corrected chi connectivity index (χ2v) is 4.40. The number of methoxy groups -OCH3 is 1. The number of rotatable bonds is 4. The third-order valence-corrected chi connectivity index (χ3v) is 3.07. The van der Waals surface area contributed by atoms with Gasteiger partial charge in [-0.1, -0.05) is 12.1 Å². The summed E-state index contributed by atoms with van der Waals surface area (Å²) in [6.45, 7) is 0. The Labute approximate surface area is 116 Å². The van der Waals surface area contributed by atoms with Gasteiger partial charge in [-0.15, -0.1) is 0 Å². The number of halogens is 2. The minimum atomic E-state index is -0.554. The third-order valence-electron chi connectivity index (χ3n) is 3.07. The second-order valence-electron chi connectivity index (χ2n) is 4.40. The van der Waals surface area contributed by atoms with E-state index in [4.69, 9.17) is 4.74 Å². The Morgan fingerprint density at radius 2 is 1.90 bits per heavy atom. The molecule has 0 heterocycles. The summed E-state index contributed by atoms with van der Waals surface area (Å²) >= 11 is 0. The molecule has 2 rings (SSSR count). The number of nitriles is 1. The Morgan fingerprint density at radius 3 is 2.55 bits per heavy atom. The molecular weight excluding hydrogens is 260 g/mol. The van der Waals surface area contributed by atoms with Gasteiger partial charge in [0.2, 0.25) is 0 Å². The van der Waals surface area contributed by atoms with Crippen LogP contribution < -0.4 is 4.74 Å². The molecule has 0 N–H and O–H groups in total. The van der Waals surface area contributed by atoms with Crippen molar-refractivity contribution >= 4 is 0 Å². The summed E-state index contributed by atoms with van der Waals surface area (Å²) in [5, 5.41) is 9.26. The van der Waals surface area contributed by atoms with Crippen molar-refractivity contribution in [2.45, 2.75) is 12.3 Å². The van der Waals surface area contributed by atoms with Crippen molar-refractivity contribution in [3.05, 3.63) is 65.2 Å². The van der Waals surface area contributed by atoms with Gasteiger partial charge in [0, 0.05) is 0 Å². The van der Waals surface area contributed by atoms with Crippen LogP contribution in [0.5, 0.6) is 5.75 Å². The van der Waals surface area contributed by atoms with Crippen LogP contribution in [0.4, 0.5) is 8.78 Å². The first-order valence-electron chi connectivity index (χ1n) is 6.11. The molecule has 20 heavy (non-hydrogen) atoms. The monoisotopic (exact) mass is 273 g/mol. The van der Waals surface area contributed by atoms with Crippen LogP contribution in [0.1, 0.15) is 17.0 Å². The Kier molecular flexibility index (Phi) is 4.31. The highest BCUT2D eigenvalue weighted by Gasteiger charge is 2.15. The van der Waals surface area contributed by atoms with Crippen molar-refractivity contribution in [3.63, 3.8) is 0 Å². The molecule has 102 valence electrons. The summed E-state index contributed by atoms with van der Waals surface area (Å²) in [5.74, 6) is -0.824. The van der Waals surface area contributed by atoms with E-state index in [9.17, 15) is 14.0 Å². The van der Waals surface area contributed by atoms with Crippen molar-refractivity contribution in [2.24, 2.45) is 0 Å². The molecule has 0 spiro atoms. The number of nitrogens with zero attached hydrogens (tertiary/aromatic N) is 1. The quantitative estimate of drug-likeness (QED) is 0.848. The van der Waals surface area contributed by atoms with E-state index in [0.29, 0.717) is 16.9 Å². The lowest BCUT2D eigenvalue weighted by molar-refractivity contribution is 0.407. The second kappa shape index (κ2) is 6.16.